The Bertz CT molecular complexity index is 304. The summed E-state index contributed by atoms with van der Waals surface area (Å²) in [5.41, 5.74) is 1.40. The first kappa shape index (κ1) is 13.0. The summed E-state index contributed by atoms with van der Waals surface area (Å²) < 4.78 is 0. The first-order chi connectivity index (χ1) is 7.65. The molecule has 0 bridgehead atoms. The Kier molecular flexibility index (Phi) is 5.27. The van der Waals surface area contributed by atoms with Crippen molar-refractivity contribution in [3.63, 3.8) is 0 Å². The Hall–Kier alpha value is -1.08. The molecule has 0 radical (unpaired) electrons. The summed E-state index contributed by atoms with van der Waals surface area (Å²) in [6.07, 6.45) is 2.99. The molecule has 0 amide bonds. The van der Waals surface area contributed by atoms with Crippen LogP contribution in [0.15, 0.2) is 43.0 Å². The van der Waals surface area contributed by atoms with E-state index >= 15 is 0 Å². The zero-order valence-electron chi connectivity index (χ0n) is 10.6. The minimum absolute atomic E-state index is 0.484. The fourth-order valence-corrected chi connectivity index (χ4v) is 1.96. The van der Waals surface area contributed by atoms with Gasteiger partial charge in [-0.1, -0.05) is 43.3 Å². The summed E-state index contributed by atoms with van der Waals surface area (Å²) in [6.45, 7) is 10.5. The van der Waals surface area contributed by atoms with Gasteiger partial charge in [-0.15, -0.1) is 6.58 Å². The van der Waals surface area contributed by atoms with Crippen molar-refractivity contribution in [1.29, 1.82) is 0 Å². The lowest BCUT2D eigenvalue weighted by Crippen LogP contribution is -2.37. The topological polar surface area (TPSA) is 12.0 Å². The molecular weight excluding hydrogens is 194 g/mol. The van der Waals surface area contributed by atoms with E-state index in [0.717, 1.165) is 6.42 Å². The van der Waals surface area contributed by atoms with Gasteiger partial charge in [-0.05, 0) is 31.7 Å². The van der Waals surface area contributed by atoms with Crippen molar-refractivity contribution in [1.82, 2.24) is 5.32 Å². The van der Waals surface area contributed by atoms with Crippen LogP contribution in [0.3, 0.4) is 0 Å². The number of hydrogen-bond donors (Lipinski definition) is 1. The first-order valence-corrected chi connectivity index (χ1v) is 6.07. The van der Waals surface area contributed by atoms with E-state index in [1.807, 2.05) is 6.08 Å². The third kappa shape index (κ3) is 3.82. The molecule has 1 aromatic carbocycles. The van der Waals surface area contributed by atoms with Crippen molar-refractivity contribution >= 4 is 0 Å². The van der Waals surface area contributed by atoms with Crippen LogP contribution >= 0.6 is 0 Å². The summed E-state index contributed by atoms with van der Waals surface area (Å²) in [6, 6.07) is 11.6. The smallest absolute Gasteiger partial charge is 0.0107 e. The lowest BCUT2D eigenvalue weighted by molar-refractivity contribution is 0.425. The molecule has 1 N–H and O–H groups in total. The maximum Gasteiger partial charge on any atom is 0.0107 e. The van der Waals surface area contributed by atoms with Crippen molar-refractivity contribution in [3.8, 4) is 0 Å². The molecule has 16 heavy (non-hydrogen) atoms. The zero-order valence-corrected chi connectivity index (χ0v) is 10.6. The molecule has 0 saturated heterocycles. The lowest BCUT2D eigenvalue weighted by atomic mass is 9.94. The Morgan fingerprint density at radius 2 is 1.81 bits per heavy atom. The lowest BCUT2D eigenvalue weighted by Gasteiger charge is -2.25. The van der Waals surface area contributed by atoms with Crippen LogP contribution in [0.25, 0.3) is 0 Å². The Morgan fingerprint density at radius 1 is 1.19 bits per heavy atom. The average molecular weight is 217 g/mol. The van der Waals surface area contributed by atoms with Crippen LogP contribution in [-0.4, -0.2) is 12.1 Å². The van der Waals surface area contributed by atoms with Gasteiger partial charge in [0.2, 0.25) is 0 Å². The normalized spacial score (nSPS) is 16.4. The van der Waals surface area contributed by atoms with E-state index < -0.39 is 0 Å². The minimum atomic E-state index is 0.484. The van der Waals surface area contributed by atoms with Gasteiger partial charge in [-0.2, -0.15) is 0 Å². The molecule has 88 valence electrons. The second kappa shape index (κ2) is 6.49. The van der Waals surface area contributed by atoms with Gasteiger partial charge in [0.15, 0.2) is 0 Å². The quantitative estimate of drug-likeness (QED) is 0.716. The third-order valence-electron chi connectivity index (χ3n) is 3.14. The summed E-state index contributed by atoms with van der Waals surface area (Å²) in [5.74, 6) is 0.536. The molecule has 0 spiro atoms. The standard InChI is InChI=1S/C15H23N/c1-5-9-12(2)16-14(4)13(3)15-10-7-6-8-11-15/h5-8,10-14,16H,1,9H2,2-4H3. The van der Waals surface area contributed by atoms with Crippen LogP contribution in [-0.2, 0) is 0 Å². The number of rotatable bonds is 6. The highest BCUT2D eigenvalue weighted by atomic mass is 14.9. The number of nitrogens with one attached hydrogen (secondary N) is 1. The van der Waals surface area contributed by atoms with E-state index in [4.69, 9.17) is 0 Å². The molecule has 1 nitrogen and oxygen atoms in total. The maximum absolute atomic E-state index is 3.77. The summed E-state index contributed by atoms with van der Waals surface area (Å²) >= 11 is 0. The van der Waals surface area contributed by atoms with Gasteiger partial charge < -0.3 is 5.32 Å². The van der Waals surface area contributed by atoms with Gasteiger partial charge >= 0.3 is 0 Å². The molecule has 1 heteroatoms. The van der Waals surface area contributed by atoms with Crippen LogP contribution in [0.4, 0.5) is 0 Å². The highest BCUT2D eigenvalue weighted by Gasteiger charge is 2.15. The van der Waals surface area contributed by atoms with Crippen molar-refractivity contribution in [3.05, 3.63) is 48.6 Å². The van der Waals surface area contributed by atoms with Gasteiger partial charge in [0.05, 0.1) is 0 Å². The van der Waals surface area contributed by atoms with Crippen LogP contribution in [0.1, 0.15) is 38.7 Å². The summed E-state index contributed by atoms with van der Waals surface area (Å²) in [7, 11) is 0. The van der Waals surface area contributed by atoms with Gasteiger partial charge in [0.25, 0.3) is 0 Å². The SMILES string of the molecule is C=CCC(C)NC(C)C(C)c1ccccc1. The molecule has 3 unspecified atom stereocenters. The van der Waals surface area contributed by atoms with Crippen LogP contribution in [0.5, 0.6) is 0 Å². The highest BCUT2D eigenvalue weighted by molar-refractivity contribution is 5.20. The van der Waals surface area contributed by atoms with E-state index in [9.17, 15) is 0 Å². The van der Waals surface area contributed by atoms with Gasteiger partial charge in [-0.25, -0.2) is 0 Å². The second-order valence-electron chi connectivity index (χ2n) is 4.58. The first-order valence-electron chi connectivity index (χ1n) is 6.07. The molecule has 3 atom stereocenters. The molecule has 0 saturated carbocycles. The molecule has 0 aromatic heterocycles. The molecule has 0 aliphatic carbocycles. The van der Waals surface area contributed by atoms with Crippen LogP contribution in [0.2, 0.25) is 0 Å². The van der Waals surface area contributed by atoms with Crippen molar-refractivity contribution in [2.24, 2.45) is 0 Å². The molecule has 0 aliphatic heterocycles. The van der Waals surface area contributed by atoms with E-state index in [1.54, 1.807) is 0 Å². The fourth-order valence-electron chi connectivity index (χ4n) is 1.96. The summed E-state index contributed by atoms with van der Waals surface area (Å²) in [5, 5.41) is 3.61. The van der Waals surface area contributed by atoms with Crippen LogP contribution < -0.4 is 5.32 Å². The van der Waals surface area contributed by atoms with Crippen molar-refractivity contribution in [2.45, 2.75) is 45.2 Å². The minimum Gasteiger partial charge on any atom is -0.311 e. The van der Waals surface area contributed by atoms with Gasteiger partial charge in [0, 0.05) is 12.1 Å². The molecule has 0 aliphatic rings. The number of benzene rings is 1. The number of hydrogen-bond acceptors (Lipinski definition) is 1. The fraction of sp³-hybridized carbons (Fsp3) is 0.467. The third-order valence-corrected chi connectivity index (χ3v) is 3.14. The van der Waals surface area contributed by atoms with Crippen molar-refractivity contribution in [2.75, 3.05) is 0 Å². The molecule has 0 heterocycles. The summed E-state index contributed by atoms with van der Waals surface area (Å²) in [4.78, 5) is 0. The molecule has 1 aromatic rings. The van der Waals surface area contributed by atoms with Crippen LogP contribution in [0, 0.1) is 0 Å². The maximum atomic E-state index is 3.77. The largest absolute Gasteiger partial charge is 0.311 e. The zero-order chi connectivity index (χ0) is 12.0. The second-order valence-corrected chi connectivity index (χ2v) is 4.58. The van der Waals surface area contributed by atoms with E-state index in [2.05, 4.69) is 63.0 Å². The molecule has 1 rings (SSSR count). The monoisotopic (exact) mass is 217 g/mol. The molecule has 0 fully saturated rings. The predicted molar refractivity (Wildman–Crippen MR) is 71.7 cm³/mol. The van der Waals surface area contributed by atoms with Crippen molar-refractivity contribution < 1.29 is 0 Å². The van der Waals surface area contributed by atoms with Gasteiger partial charge in [-0.3, -0.25) is 0 Å². The Labute approximate surface area is 99.6 Å². The molecular formula is C15H23N. The van der Waals surface area contributed by atoms with E-state index in [0.29, 0.717) is 18.0 Å². The Balaban J connectivity index is 2.54. The Morgan fingerprint density at radius 3 is 2.38 bits per heavy atom. The predicted octanol–water partition coefficient (Wildman–Crippen LogP) is 3.73. The van der Waals surface area contributed by atoms with E-state index in [1.165, 1.54) is 5.56 Å². The van der Waals surface area contributed by atoms with E-state index in [-0.39, 0.29) is 0 Å². The highest BCUT2D eigenvalue weighted by Crippen LogP contribution is 2.19. The average Bonchev–Trinajstić information content (AvgIpc) is 2.29. The van der Waals surface area contributed by atoms with Gasteiger partial charge in [0.1, 0.15) is 0 Å².